The first-order chi connectivity index (χ1) is 11.6. The number of amides is 1. The zero-order valence-corrected chi connectivity index (χ0v) is 14.0. The molecule has 0 aliphatic carbocycles. The summed E-state index contributed by atoms with van der Waals surface area (Å²) in [6.07, 6.45) is 5.15. The molecule has 2 heterocycles. The van der Waals surface area contributed by atoms with E-state index < -0.39 is 5.91 Å². The Labute approximate surface area is 141 Å². The molecule has 1 amide bonds. The van der Waals surface area contributed by atoms with Gasteiger partial charge in [-0.15, -0.1) is 0 Å². The molecule has 122 valence electrons. The van der Waals surface area contributed by atoms with E-state index in [9.17, 15) is 4.79 Å². The van der Waals surface area contributed by atoms with Crippen LogP contribution in [0.2, 0.25) is 0 Å². The molecular formula is C20H21N3O. The fourth-order valence-corrected chi connectivity index (χ4v) is 2.95. The number of hydrogen-bond acceptors (Lipinski definition) is 3. The molecule has 0 saturated carbocycles. The van der Waals surface area contributed by atoms with Gasteiger partial charge in [0.25, 0.3) is 5.91 Å². The third kappa shape index (κ3) is 3.13. The van der Waals surface area contributed by atoms with Crippen molar-refractivity contribution in [2.45, 2.75) is 26.7 Å². The van der Waals surface area contributed by atoms with Gasteiger partial charge in [0.05, 0.1) is 16.8 Å². The molecule has 0 saturated heterocycles. The fraction of sp³-hybridized carbons (Fsp3) is 0.250. The molecule has 0 aliphatic rings. The fourth-order valence-electron chi connectivity index (χ4n) is 2.95. The van der Waals surface area contributed by atoms with Crippen LogP contribution < -0.4 is 5.73 Å². The number of primary amides is 1. The smallest absolute Gasteiger partial charge is 0.251 e. The molecule has 0 unspecified atom stereocenters. The van der Waals surface area contributed by atoms with Gasteiger partial charge in [-0.1, -0.05) is 32.0 Å². The number of carbonyl (C=O) groups excluding carboxylic acids is 1. The Balaban J connectivity index is 2.32. The Morgan fingerprint density at radius 2 is 1.83 bits per heavy atom. The van der Waals surface area contributed by atoms with E-state index in [1.54, 1.807) is 12.4 Å². The number of benzene rings is 1. The molecule has 4 heteroatoms. The van der Waals surface area contributed by atoms with Crippen LogP contribution in [0.1, 0.15) is 36.3 Å². The molecule has 24 heavy (non-hydrogen) atoms. The van der Waals surface area contributed by atoms with Crippen LogP contribution >= 0.6 is 0 Å². The van der Waals surface area contributed by atoms with Crippen molar-refractivity contribution < 1.29 is 4.79 Å². The Morgan fingerprint density at radius 3 is 2.50 bits per heavy atom. The standard InChI is InChI=1S/C20H21N3O/c1-13(2)7-8-17-19(20(21)24)18(14-9-11-22-12-10-14)15-5-3-4-6-16(15)23-17/h3-6,9-13H,7-8H2,1-2H3,(H2,21,24). The van der Waals surface area contributed by atoms with E-state index in [0.29, 0.717) is 11.5 Å². The maximum Gasteiger partial charge on any atom is 0.251 e. The molecule has 0 aliphatic heterocycles. The van der Waals surface area contributed by atoms with Crippen LogP contribution in [-0.2, 0) is 6.42 Å². The van der Waals surface area contributed by atoms with Crippen molar-refractivity contribution >= 4 is 16.8 Å². The molecule has 3 aromatic rings. The topological polar surface area (TPSA) is 68.9 Å². The van der Waals surface area contributed by atoms with Crippen molar-refractivity contribution in [3.8, 4) is 11.1 Å². The normalized spacial score (nSPS) is 11.1. The van der Waals surface area contributed by atoms with Gasteiger partial charge in [-0.05, 0) is 42.5 Å². The van der Waals surface area contributed by atoms with Gasteiger partial charge in [-0.3, -0.25) is 14.8 Å². The number of nitrogens with two attached hydrogens (primary N) is 1. The molecule has 1 aromatic carbocycles. The van der Waals surface area contributed by atoms with Gasteiger partial charge in [0.1, 0.15) is 0 Å². The van der Waals surface area contributed by atoms with Gasteiger partial charge in [0.15, 0.2) is 0 Å². The number of aromatic nitrogens is 2. The predicted molar refractivity (Wildman–Crippen MR) is 96.7 cm³/mol. The number of para-hydroxylation sites is 1. The maximum atomic E-state index is 12.3. The highest BCUT2D eigenvalue weighted by Crippen LogP contribution is 2.33. The van der Waals surface area contributed by atoms with Crippen molar-refractivity contribution in [1.82, 2.24) is 9.97 Å². The number of rotatable bonds is 5. The third-order valence-corrected chi connectivity index (χ3v) is 4.14. The van der Waals surface area contributed by atoms with Crippen molar-refractivity contribution in [1.29, 1.82) is 0 Å². The summed E-state index contributed by atoms with van der Waals surface area (Å²) in [5, 5.41) is 0.936. The molecular weight excluding hydrogens is 298 g/mol. The first-order valence-electron chi connectivity index (χ1n) is 8.19. The van der Waals surface area contributed by atoms with Gasteiger partial charge in [0.2, 0.25) is 0 Å². The molecule has 3 rings (SSSR count). The van der Waals surface area contributed by atoms with E-state index in [4.69, 9.17) is 10.7 Å². The molecule has 0 fully saturated rings. The third-order valence-electron chi connectivity index (χ3n) is 4.14. The second-order valence-electron chi connectivity index (χ2n) is 6.36. The Kier molecular flexibility index (Phi) is 4.56. The lowest BCUT2D eigenvalue weighted by Crippen LogP contribution is -2.17. The number of pyridine rings is 2. The minimum absolute atomic E-state index is 0.432. The van der Waals surface area contributed by atoms with Gasteiger partial charge in [0, 0.05) is 23.3 Å². The lowest BCUT2D eigenvalue weighted by molar-refractivity contribution is 0.0999. The van der Waals surface area contributed by atoms with Crippen molar-refractivity contribution in [3.63, 3.8) is 0 Å². The number of carbonyl (C=O) groups is 1. The molecule has 0 spiro atoms. The van der Waals surface area contributed by atoms with E-state index in [0.717, 1.165) is 40.6 Å². The zero-order chi connectivity index (χ0) is 17.1. The van der Waals surface area contributed by atoms with Crippen LogP contribution in [0, 0.1) is 5.92 Å². The summed E-state index contributed by atoms with van der Waals surface area (Å²) in [6.45, 7) is 4.32. The van der Waals surface area contributed by atoms with Crippen LogP contribution in [0.4, 0.5) is 0 Å². The first kappa shape index (κ1) is 16.1. The summed E-state index contributed by atoms with van der Waals surface area (Å²) in [5.74, 6) is 0.0993. The molecule has 2 N–H and O–H groups in total. The van der Waals surface area contributed by atoms with Crippen LogP contribution in [-0.4, -0.2) is 15.9 Å². The Hall–Kier alpha value is -2.75. The van der Waals surface area contributed by atoms with E-state index >= 15 is 0 Å². The molecule has 0 atom stereocenters. The monoisotopic (exact) mass is 319 g/mol. The van der Waals surface area contributed by atoms with Gasteiger partial charge in [-0.2, -0.15) is 0 Å². The Morgan fingerprint density at radius 1 is 1.12 bits per heavy atom. The number of aryl methyl sites for hydroxylation is 1. The average molecular weight is 319 g/mol. The highest BCUT2D eigenvalue weighted by Gasteiger charge is 2.20. The predicted octanol–water partition coefficient (Wildman–Crippen LogP) is 3.98. The average Bonchev–Trinajstić information content (AvgIpc) is 2.59. The minimum Gasteiger partial charge on any atom is -0.366 e. The second kappa shape index (κ2) is 6.79. The van der Waals surface area contributed by atoms with Gasteiger partial charge in [-0.25, -0.2) is 0 Å². The first-order valence-corrected chi connectivity index (χ1v) is 8.19. The van der Waals surface area contributed by atoms with Crippen molar-refractivity contribution in [3.05, 3.63) is 60.0 Å². The molecule has 0 radical (unpaired) electrons. The van der Waals surface area contributed by atoms with Gasteiger partial charge < -0.3 is 5.73 Å². The molecule has 0 bridgehead atoms. The number of fused-ring (bicyclic) bond motifs is 1. The molecule has 2 aromatic heterocycles. The van der Waals surface area contributed by atoms with Crippen LogP contribution in [0.25, 0.3) is 22.0 Å². The van der Waals surface area contributed by atoms with E-state index in [-0.39, 0.29) is 0 Å². The highest BCUT2D eigenvalue weighted by atomic mass is 16.1. The summed E-state index contributed by atoms with van der Waals surface area (Å²) in [5.41, 5.74) is 9.74. The zero-order valence-electron chi connectivity index (χ0n) is 14.0. The maximum absolute atomic E-state index is 12.3. The van der Waals surface area contributed by atoms with Crippen LogP contribution in [0.3, 0.4) is 0 Å². The highest BCUT2D eigenvalue weighted by molar-refractivity contribution is 6.09. The Bertz CT molecular complexity index is 873. The minimum atomic E-state index is -0.432. The summed E-state index contributed by atoms with van der Waals surface area (Å²) >= 11 is 0. The van der Waals surface area contributed by atoms with Crippen LogP contribution in [0.15, 0.2) is 48.8 Å². The molecule has 4 nitrogen and oxygen atoms in total. The van der Waals surface area contributed by atoms with Crippen molar-refractivity contribution in [2.75, 3.05) is 0 Å². The summed E-state index contributed by atoms with van der Waals surface area (Å²) in [6, 6.07) is 11.7. The largest absolute Gasteiger partial charge is 0.366 e. The quantitative estimate of drug-likeness (QED) is 0.773. The van der Waals surface area contributed by atoms with Crippen LogP contribution in [0.5, 0.6) is 0 Å². The SMILES string of the molecule is CC(C)CCc1nc2ccccc2c(-c2ccncc2)c1C(N)=O. The second-order valence-corrected chi connectivity index (χ2v) is 6.36. The summed E-state index contributed by atoms with van der Waals surface area (Å²) in [7, 11) is 0. The summed E-state index contributed by atoms with van der Waals surface area (Å²) < 4.78 is 0. The van der Waals surface area contributed by atoms with E-state index in [1.165, 1.54) is 0 Å². The van der Waals surface area contributed by atoms with Crippen molar-refractivity contribution in [2.24, 2.45) is 11.7 Å². The summed E-state index contributed by atoms with van der Waals surface area (Å²) in [4.78, 5) is 21.1. The van der Waals surface area contributed by atoms with E-state index in [2.05, 4.69) is 18.8 Å². The number of hydrogen-bond donors (Lipinski definition) is 1. The van der Waals surface area contributed by atoms with Gasteiger partial charge >= 0.3 is 0 Å². The lowest BCUT2D eigenvalue weighted by Gasteiger charge is -2.16. The van der Waals surface area contributed by atoms with E-state index in [1.807, 2.05) is 36.4 Å². The number of nitrogens with zero attached hydrogens (tertiary/aromatic N) is 2. The lowest BCUT2D eigenvalue weighted by atomic mass is 9.92.